The lowest BCUT2D eigenvalue weighted by Crippen LogP contribution is -2.03. The highest BCUT2D eigenvalue weighted by Crippen LogP contribution is 2.33. The molecule has 0 aliphatic carbocycles. The molecule has 1 nitrogen and oxygen atoms in total. The third-order valence-electron chi connectivity index (χ3n) is 3.21. The molecule has 0 saturated heterocycles. The number of nitrogens with two attached hydrogens (primary N) is 1. The first-order valence-corrected chi connectivity index (χ1v) is 8.47. The van der Waals surface area contributed by atoms with Crippen LogP contribution in [0.15, 0.2) is 56.7 Å². The number of hydrogen-bond acceptors (Lipinski definition) is 2. The van der Waals surface area contributed by atoms with E-state index in [0.717, 1.165) is 10.9 Å². The van der Waals surface area contributed by atoms with E-state index in [1.165, 1.54) is 20.9 Å². The molecule has 0 aliphatic heterocycles. The third-order valence-corrected chi connectivity index (χ3v) is 4.83. The molecule has 0 aliphatic rings. The van der Waals surface area contributed by atoms with E-state index in [1.807, 2.05) is 0 Å². The van der Waals surface area contributed by atoms with E-state index in [-0.39, 0.29) is 0 Å². The second-order valence-electron chi connectivity index (χ2n) is 5.12. The fourth-order valence-corrected chi connectivity index (χ4v) is 3.41. The Morgan fingerprint density at radius 2 is 1.80 bits per heavy atom. The van der Waals surface area contributed by atoms with Gasteiger partial charge in [-0.15, -0.1) is 0 Å². The van der Waals surface area contributed by atoms with Crippen LogP contribution in [0.5, 0.6) is 0 Å². The summed E-state index contributed by atoms with van der Waals surface area (Å²) < 4.78 is 1.11. The summed E-state index contributed by atoms with van der Waals surface area (Å²) in [4.78, 5) is 2.56. The van der Waals surface area contributed by atoms with Gasteiger partial charge in [0.15, 0.2) is 0 Å². The molecule has 2 rings (SSSR count). The molecule has 0 aromatic heterocycles. The zero-order valence-electron chi connectivity index (χ0n) is 11.9. The Morgan fingerprint density at radius 1 is 1.10 bits per heavy atom. The Labute approximate surface area is 134 Å². The first-order valence-electron chi connectivity index (χ1n) is 6.86. The van der Waals surface area contributed by atoms with Crippen LogP contribution < -0.4 is 5.73 Å². The molecule has 2 N–H and O–H groups in total. The highest BCUT2D eigenvalue weighted by atomic mass is 79.9. The van der Waals surface area contributed by atoms with Crippen molar-refractivity contribution >= 4 is 27.7 Å². The van der Waals surface area contributed by atoms with Gasteiger partial charge in [0.1, 0.15) is 0 Å². The minimum absolute atomic E-state index is 0.578. The van der Waals surface area contributed by atoms with E-state index in [0.29, 0.717) is 12.5 Å². The molecule has 3 heteroatoms. The Balaban J connectivity index is 2.20. The SMILES string of the molecule is CC(C)c1ccc(Sc2ccc(Br)cc2CCN)cc1. The summed E-state index contributed by atoms with van der Waals surface area (Å²) in [5.41, 5.74) is 8.39. The molecule has 0 saturated carbocycles. The second-order valence-corrected chi connectivity index (χ2v) is 7.15. The Kier molecular flexibility index (Phi) is 5.70. The van der Waals surface area contributed by atoms with Crippen molar-refractivity contribution < 1.29 is 0 Å². The van der Waals surface area contributed by atoms with Crippen molar-refractivity contribution in [2.24, 2.45) is 5.73 Å². The summed E-state index contributed by atoms with van der Waals surface area (Å²) in [5, 5.41) is 0. The lowest BCUT2D eigenvalue weighted by molar-refractivity contribution is 0.865. The van der Waals surface area contributed by atoms with Gasteiger partial charge in [-0.1, -0.05) is 53.7 Å². The van der Waals surface area contributed by atoms with Gasteiger partial charge in [-0.3, -0.25) is 0 Å². The molecule has 0 radical (unpaired) electrons. The molecule has 0 unspecified atom stereocenters. The van der Waals surface area contributed by atoms with Gasteiger partial charge in [0.25, 0.3) is 0 Å². The molecule has 0 heterocycles. The Hall–Kier alpha value is -0.770. The standard InChI is InChI=1S/C17H20BrNS/c1-12(2)13-3-6-16(7-4-13)20-17-8-5-15(18)11-14(17)9-10-19/h3-8,11-12H,9-10,19H2,1-2H3. The van der Waals surface area contributed by atoms with E-state index in [2.05, 4.69) is 72.2 Å². The molecule has 0 fully saturated rings. The highest BCUT2D eigenvalue weighted by Gasteiger charge is 2.06. The first-order chi connectivity index (χ1) is 9.60. The van der Waals surface area contributed by atoms with Crippen LogP contribution in [-0.2, 0) is 6.42 Å². The van der Waals surface area contributed by atoms with Crippen LogP contribution in [0.1, 0.15) is 30.9 Å². The Bertz CT molecular complexity index is 564. The normalized spacial score (nSPS) is 11.1. The van der Waals surface area contributed by atoms with Crippen LogP contribution >= 0.6 is 27.7 Å². The smallest absolute Gasteiger partial charge is 0.0178 e. The van der Waals surface area contributed by atoms with E-state index >= 15 is 0 Å². The Morgan fingerprint density at radius 3 is 2.40 bits per heavy atom. The number of hydrogen-bond donors (Lipinski definition) is 1. The maximum Gasteiger partial charge on any atom is 0.0178 e. The summed E-state index contributed by atoms with van der Waals surface area (Å²) in [7, 11) is 0. The highest BCUT2D eigenvalue weighted by molar-refractivity contribution is 9.10. The molecule has 0 spiro atoms. The average Bonchev–Trinajstić information content (AvgIpc) is 2.43. The zero-order chi connectivity index (χ0) is 14.5. The van der Waals surface area contributed by atoms with E-state index < -0.39 is 0 Å². The van der Waals surface area contributed by atoms with Gasteiger partial charge in [0.2, 0.25) is 0 Å². The molecule has 106 valence electrons. The van der Waals surface area contributed by atoms with Gasteiger partial charge in [-0.25, -0.2) is 0 Å². The van der Waals surface area contributed by atoms with Crippen molar-refractivity contribution in [2.75, 3.05) is 6.54 Å². The van der Waals surface area contributed by atoms with E-state index in [1.54, 1.807) is 11.8 Å². The minimum Gasteiger partial charge on any atom is -0.330 e. The quantitative estimate of drug-likeness (QED) is 0.800. The molecule has 0 atom stereocenters. The topological polar surface area (TPSA) is 26.0 Å². The van der Waals surface area contributed by atoms with Crippen LogP contribution in [0.25, 0.3) is 0 Å². The predicted octanol–water partition coefficient (Wildman–Crippen LogP) is 5.22. The molecular formula is C17H20BrNS. The maximum atomic E-state index is 5.70. The molecular weight excluding hydrogens is 330 g/mol. The van der Waals surface area contributed by atoms with Gasteiger partial charge in [-0.2, -0.15) is 0 Å². The minimum atomic E-state index is 0.578. The van der Waals surface area contributed by atoms with Gasteiger partial charge in [0, 0.05) is 14.3 Å². The average molecular weight is 350 g/mol. The molecule has 2 aromatic rings. The van der Waals surface area contributed by atoms with Crippen molar-refractivity contribution in [1.82, 2.24) is 0 Å². The van der Waals surface area contributed by atoms with Crippen molar-refractivity contribution in [2.45, 2.75) is 36.0 Å². The number of benzene rings is 2. The second kappa shape index (κ2) is 7.30. The summed E-state index contributed by atoms with van der Waals surface area (Å²) in [6, 6.07) is 15.3. The summed E-state index contributed by atoms with van der Waals surface area (Å²) >= 11 is 5.33. The first kappa shape index (κ1) is 15.6. The summed E-state index contributed by atoms with van der Waals surface area (Å²) in [6.07, 6.45) is 0.909. The maximum absolute atomic E-state index is 5.70. The number of rotatable bonds is 5. The van der Waals surface area contributed by atoms with Gasteiger partial charge < -0.3 is 5.73 Å². The number of halogens is 1. The van der Waals surface area contributed by atoms with Crippen molar-refractivity contribution in [3.63, 3.8) is 0 Å². The fraction of sp³-hybridized carbons (Fsp3) is 0.294. The van der Waals surface area contributed by atoms with Crippen molar-refractivity contribution in [1.29, 1.82) is 0 Å². The van der Waals surface area contributed by atoms with E-state index in [9.17, 15) is 0 Å². The van der Waals surface area contributed by atoms with Crippen LogP contribution in [-0.4, -0.2) is 6.54 Å². The van der Waals surface area contributed by atoms with Gasteiger partial charge >= 0.3 is 0 Å². The molecule has 0 bridgehead atoms. The third kappa shape index (κ3) is 4.11. The molecule has 20 heavy (non-hydrogen) atoms. The molecule has 0 amide bonds. The van der Waals surface area contributed by atoms with Crippen LogP contribution in [0.2, 0.25) is 0 Å². The monoisotopic (exact) mass is 349 g/mol. The van der Waals surface area contributed by atoms with Crippen LogP contribution in [0.4, 0.5) is 0 Å². The van der Waals surface area contributed by atoms with E-state index in [4.69, 9.17) is 5.73 Å². The summed E-state index contributed by atoms with van der Waals surface area (Å²) in [5.74, 6) is 0.578. The zero-order valence-corrected chi connectivity index (χ0v) is 14.3. The lowest BCUT2D eigenvalue weighted by Gasteiger charge is -2.10. The fourth-order valence-electron chi connectivity index (χ4n) is 2.05. The van der Waals surface area contributed by atoms with Gasteiger partial charge in [-0.05, 0) is 60.3 Å². The van der Waals surface area contributed by atoms with Gasteiger partial charge in [0.05, 0.1) is 0 Å². The summed E-state index contributed by atoms with van der Waals surface area (Å²) in [6.45, 7) is 5.11. The lowest BCUT2D eigenvalue weighted by atomic mass is 10.0. The molecule has 2 aromatic carbocycles. The van der Waals surface area contributed by atoms with Crippen LogP contribution in [0, 0.1) is 0 Å². The van der Waals surface area contributed by atoms with Crippen molar-refractivity contribution in [3.8, 4) is 0 Å². The van der Waals surface area contributed by atoms with Crippen molar-refractivity contribution in [3.05, 3.63) is 58.1 Å². The predicted molar refractivity (Wildman–Crippen MR) is 91.6 cm³/mol. The van der Waals surface area contributed by atoms with Crippen LogP contribution in [0.3, 0.4) is 0 Å². The largest absolute Gasteiger partial charge is 0.330 e.